The molecule has 0 saturated carbocycles. The summed E-state index contributed by atoms with van der Waals surface area (Å²) in [5.41, 5.74) is 11.6. The molecule has 4 N–H and O–H groups in total. The summed E-state index contributed by atoms with van der Waals surface area (Å²) in [5.74, 6) is 4.97. The zero-order chi connectivity index (χ0) is 34.3. The van der Waals surface area contributed by atoms with Crippen LogP contribution in [0.2, 0.25) is 10.0 Å². The fourth-order valence-corrected chi connectivity index (χ4v) is 6.63. The Morgan fingerprint density at radius 2 is 1.88 bits per heavy atom. The van der Waals surface area contributed by atoms with E-state index in [1.165, 1.54) is 16.0 Å². The molecule has 3 aliphatic rings. The minimum atomic E-state index is -0.990. The predicted octanol–water partition coefficient (Wildman–Crippen LogP) is 3.56. The topological polar surface area (TPSA) is 126 Å². The number of nitrogens with one attached hydrogen (secondary N) is 1. The lowest BCUT2D eigenvalue weighted by Crippen LogP contribution is -2.43. The SMILES string of the molecule is NC(=O)C(=O)N1CCc2c(c(-c3ccc(Cl)c(C#CC4C=CC(CNCc5ccc(Cl)cc5)=CC4)c3)nn2C[C@H](O)CN2CCOCC2)C1. The first kappa shape index (κ1) is 34.9. The molecule has 10 nitrogen and oxygen atoms in total. The number of benzene rings is 2. The van der Waals surface area contributed by atoms with Crippen LogP contribution >= 0.6 is 23.2 Å². The monoisotopic (exact) mass is 702 g/mol. The van der Waals surface area contributed by atoms with Gasteiger partial charge in [-0.05, 0) is 41.8 Å². The molecule has 0 bridgehead atoms. The number of aliphatic hydroxyl groups excluding tert-OH is 1. The van der Waals surface area contributed by atoms with Crippen LogP contribution in [0.15, 0.2) is 66.3 Å². The zero-order valence-corrected chi connectivity index (χ0v) is 28.7. The van der Waals surface area contributed by atoms with Gasteiger partial charge in [-0.2, -0.15) is 5.10 Å². The molecular weight excluding hydrogens is 663 g/mol. The third kappa shape index (κ3) is 9.00. The molecule has 0 spiro atoms. The van der Waals surface area contributed by atoms with Crippen LogP contribution < -0.4 is 11.1 Å². The normalized spacial score (nSPS) is 18.3. The number of nitrogens with zero attached hydrogens (tertiary/aromatic N) is 4. The molecule has 1 unspecified atom stereocenters. The number of carbonyl (C=O) groups excluding carboxylic acids is 2. The summed E-state index contributed by atoms with van der Waals surface area (Å²) in [6.45, 7) is 5.69. The number of carbonyl (C=O) groups is 2. The highest BCUT2D eigenvalue weighted by molar-refractivity contribution is 6.34. The van der Waals surface area contributed by atoms with E-state index in [1.54, 1.807) is 6.07 Å². The van der Waals surface area contributed by atoms with Gasteiger partial charge in [0.15, 0.2) is 0 Å². The number of ether oxygens (including phenoxy) is 1. The minimum absolute atomic E-state index is 0.0491. The van der Waals surface area contributed by atoms with Gasteiger partial charge in [0.25, 0.3) is 0 Å². The molecule has 0 radical (unpaired) electrons. The maximum atomic E-state index is 12.6. The largest absolute Gasteiger partial charge is 0.390 e. The smallest absolute Gasteiger partial charge is 0.311 e. The van der Waals surface area contributed by atoms with E-state index < -0.39 is 17.9 Å². The van der Waals surface area contributed by atoms with E-state index in [9.17, 15) is 14.7 Å². The van der Waals surface area contributed by atoms with Gasteiger partial charge in [-0.25, -0.2) is 0 Å². The maximum Gasteiger partial charge on any atom is 0.311 e. The van der Waals surface area contributed by atoms with Crippen molar-refractivity contribution >= 4 is 35.0 Å². The quantitative estimate of drug-likeness (QED) is 0.230. The van der Waals surface area contributed by atoms with Crippen molar-refractivity contribution in [3.8, 4) is 23.1 Å². The zero-order valence-electron chi connectivity index (χ0n) is 27.2. The molecule has 2 amide bonds. The van der Waals surface area contributed by atoms with E-state index in [4.69, 9.17) is 38.8 Å². The number of allylic oxidation sites excluding steroid dienone is 2. The maximum absolute atomic E-state index is 12.6. The number of hydrogen-bond donors (Lipinski definition) is 3. The lowest BCUT2D eigenvalue weighted by Gasteiger charge is -2.29. The van der Waals surface area contributed by atoms with Gasteiger partial charge in [0.1, 0.15) is 0 Å². The van der Waals surface area contributed by atoms with E-state index in [1.807, 2.05) is 41.1 Å². The van der Waals surface area contributed by atoms with Crippen molar-refractivity contribution in [3.05, 3.63) is 98.7 Å². The minimum Gasteiger partial charge on any atom is -0.390 e. The van der Waals surface area contributed by atoms with Gasteiger partial charge in [-0.3, -0.25) is 19.2 Å². The van der Waals surface area contributed by atoms with Crippen LogP contribution in [0.25, 0.3) is 11.3 Å². The van der Waals surface area contributed by atoms with Crippen LogP contribution in [0.4, 0.5) is 0 Å². The number of rotatable bonds is 9. The number of nitrogens with two attached hydrogens (primary N) is 1. The molecular formula is C37H40Cl2N6O4. The van der Waals surface area contributed by atoms with Crippen LogP contribution in [0.3, 0.4) is 0 Å². The van der Waals surface area contributed by atoms with Crippen molar-refractivity contribution in [2.75, 3.05) is 45.9 Å². The second-order valence-corrected chi connectivity index (χ2v) is 13.4. The Labute approximate surface area is 296 Å². The highest BCUT2D eigenvalue weighted by Crippen LogP contribution is 2.32. The van der Waals surface area contributed by atoms with Gasteiger partial charge in [-0.1, -0.05) is 71.5 Å². The first-order valence-corrected chi connectivity index (χ1v) is 17.3. The Morgan fingerprint density at radius 1 is 1.08 bits per heavy atom. The van der Waals surface area contributed by atoms with Gasteiger partial charge in [0.2, 0.25) is 0 Å². The Hall–Kier alpha value is -3.95. The summed E-state index contributed by atoms with van der Waals surface area (Å²) in [7, 11) is 0. The van der Waals surface area contributed by atoms with Crippen LogP contribution in [0, 0.1) is 17.8 Å². The summed E-state index contributed by atoms with van der Waals surface area (Å²) in [4.78, 5) is 27.9. The molecule has 2 aliphatic heterocycles. The van der Waals surface area contributed by atoms with Gasteiger partial charge in [-0.15, -0.1) is 0 Å². The van der Waals surface area contributed by atoms with Crippen LogP contribution in [0.1, 0.15) is 28.8 Å². The number of aromatic nitrogens is 2. The van der Waals surface area contributed by atoms with E-state index >= 15 is 0 Å². The lowest BCUT2D eigenvalue weighted by atomic mass is 9.96. The van der Waals surface area contributed by atoms with Crippen molar-refractivity contribution in [1.29, 1.82) is 0 Å². The van der Waals surface area contributed by atoms with Crippen molar-refractivity contribution in [1.82, 2.24) is 24.9 Å². The summed E-state index contributed by atoms with van der Waals surface area (Å²) in [5, 5.41) is 20.7. The van der Waals surface area contributed by atoms with Crippen molar-refractivity contribution in [2.24, 2.45) is 11.7 Å². The third-order valence-corrected chi connectivity index (χ3v) is 9.55. The third-order valence-electron chi connectivity index (χ3n) is 8.97. The first-order valence-electron chi connectivity index (χ1n) is 16.5. The van der Waals surface area contributed by atoms with Crippen molar-refractivity contribution in [3.63, 3.8) is 0 Å². The average Bonchev–Trinajstić information content (AvgIpc) is 3.46. The number of primary amides is 1. The van der Waals surface area contributed by atoms with Crippen LogP contribution in [0.5, 0.6) is 0 Å². The Morgan fingerprint density at radius 3 is 2.61 bits per heavy atom. The fourth-order valence-electron chi connectivity index (χ4n) is 6.34. The molecule has 49 heavy (non-hydrogen) atoms. The number of fused-ring (bicyclic) bond motifs is 1. The summed E-state index contributed by atoms with van der Waals surface area (Å²) < 4.78 is 7.27. The summed E-state index contributed by atoms with van der Waals surface area (Å²) in [6, 6.07) is 13.4. The molecule has 3 heterocycles. The van der Waals surface area contributed by atoms with Gasteiger partial charge < -0.3 is 25.8 Å². The van der Waals surface area contributed by atoms with Gasteiger partial charge in [0, 0.05) is 79.0 Å². The summed E-state index contributed by atoms with van der Waals surface area (Å²) >= 11 is 12.6. The van der Waals surface area contributed by atoms with Crippen molar-refractivity contribution in [2.45, 2.75) is 38.6 Å². The van der Waals surface area contributed by atoms with Crippen LogP contribution in [-0.2, 0) is 40.4 Å². The molecule has 1 aliphatic carbocycles. The molecule has 1 saturated heterocycles. The van der Waals surface area contributed by atoms with E-state index in [-0.39, 0.29) is 12.5 Å². The molecule has 2 aromatic carbocycles. The number of amides is 2. The second-order valence-electron chi connectivity index (χ2n) is 12.5. The Balaban J connectivity index is 1.17. The fraction of sp³-hybridized carbons (Fsp3) is 0.378. The number of halogens is 2. The standard InChI is InChI=1S/C37H40Cl2N6O4/c38-30-10-6-27(7-11-30)21-41-20-26-3-1-25(2-4-26)5-8-28-19-29(9-12-33(28)39)35-32-24-44(37(48)36(40)47)14-13-34(32)45(42-35)23-31(46)22-43-15-17-49-18-16-43/h1,3-4,6-7,9-12,19,25,31,41,46H,2,13-18,20-24H2,(H2,40,47)/t25?,31-/m1/s1. The van der Waals surface area contributed by atoms with E-state index in [0.717, 1.165) is 54.4 Å². The Kier molecular flexibility index (Phi) is 11.5. The molecule has 6 rings (SSSR count). The molecule has 1 fully saturated rings. The number of β-amino-alcohol motifs (C(OH)–C–C–N with tert-alkyl or cyclic N) is 1. The van der Waals surface area contributed by atoms with E-state index in [0.29, 0.717) is 55.5 Å². The second kappa shape index (κ2) is 16.2. The number of morpholine rings is 1. The van der Waals surface area contributed by atoms with Crippen molar-refractivity contribution < 1.29 is 19.4 Å². The molecule has 12 heteroatoms. The average molecular weight is 704 g/mol. The van der Waals surface area contributed by atoms with Gasteiger partial charge >= 0.3 is 11.8 Å². The van der Waals surface area contributed by atoms with Crippen LogP contribution in [-0.4, -0.2) is 88.5 Å². The lowest BCUT2D eigenvalue weighted by molar-refractivity contribution is -0.144. The molecule has 256 valence electrons. The highest BCUT2D eigenvalue weighted by Gasteiger charge is 2.31. The number of hydrogen-bond acceptors (Lipinski definition) is 7. The molecule has 1 aromatic heterocycles. The van der Waals surface area contributed by atoms with E-state index in [2.05, 4.69) is 40.3 Å². The first-order chi connectivity index (χ1) is 23.7. The molecule has 2 atom stereocenters. The predicted molar refractivity (Wildman–Crippen MR) is 190 cm³/mol. The van der Waals surface area contributed by atoms with Gasteiger partial charge in [0.05, 0.1) is 43.1 Å². The highest BCUT2D eigenvalue weighted by atomic mass is 35.5. The summed E-state index contributed by atoms with van der Waals surface area (Å²) in [6.07, 6.45) is 7.07. The molecule has 3 aromatic rings. The number of aliphatic hydroxyl groups is 1. The Bertz CT molecular complexity index is 1800.